The molecule has 7 nitrogen and oxygen atoms in total. The van der Waals surface area contributed by atoms with Gasteiger partial charge in [0.15, 0.2) is 0 Å². The Morgan fingerprint density at radius 3 is 2.27 bits per heavy atom. The molecule has 33 heavy (non-hydrogen) atoms. The first kappa shape index (κ1) is 21.5. The third-order valence-electron chi connectivity index (χ3n) is 7.28. The number of benzene rings is 2. The zero-order chi connectivity index (χ0) is 23.0. The minimum Gasteiger partial charge on any atom is -0.481 e. The SMILES string of the molecule is O=C(NCC1(C(=O)N2CCC[C@H](C(=O)O)C2)CC1)OCC1c2ccccc2-c2ccccc21. The number of fused-ring (bicyclic) bond motifs is 3. The number of carboxylic acid groups (broad SMARTS) is 1. The lowest BCUT2D eigenvalue weighted by Crippen LogP contribution is -2.48. The number of amides is 2. The lowest BCUT2D eigenvalue weighted by Gasteiger charge is -2.33. The van der Waals surface area contributed by atoms with Crippen LogP contribution >= 0.6 is 0 Å². The number of rotatable bonds is 6. The van der Waals surface area contributed by atoms with Crippen molar-refractivity contribution in [3.63, 3.8) is 0 Å². The van der Waals surface area contributed by atoms with Gasteiger partial charge in [0.05, 0.1) is 11.3 Å². The van der Waals surface area contributed by atoms with Gasteiger partial charge in [-0.2, -0.15) is 0 Å². The van der Waals surface area contributed by atoms with E-state index >= 15 is 0 Å². The van der Waals surface area contributed by atoms with E-state index in [0.717, 1.165) is 11.1 Å². The lowest BCUT2D eigenvalue weighted by atomic mass is 9.96. The first-order chi connectivity index (χ1) is 16.0. The van der Waals surface area contributed by atoms with Crippen LogP contribution in [0.5, 0.6) is 0 Å². The number of ether oxygens (including phenoxy) is 1. The average Bonchev–Trinajstić information content (AvgIpc) is 3.57. The molecule has 0 bridgehead atoms. The number of carbonyl (C=O) groups excluding carboxylic acids is 2. The van der Waals surface area contributed by atoms with E-state index in [1.54, 1.807) is 4.90 Å². The quantitative estimate of drug-likeness (QED) is 0.704. The van der Waals surface area contributed by atoms with E-state index < -0.39 is 23.4 Å². The van der Waals surface area contributed by atoms with Crippen LogP contribution in [0.15, 0.2) is 48.5 Å². The second kappa shape index (κ2) is 8.54. The summed E-state index contributed by atoms with van der Waals surface area (Å²) in [6.45, 7) is 1.28. The Morgan fingerprint density at radius 1 is 1.03 bits per heavy atom. The Labute approximate surface area is 192 Å². The van der Waals surface area contributed by atoms with E-state index in [4.69, 9.17) is 4.74 Å². The summed E-state index contributed by atoms with van der Waals surface area (Å²) in [6, 6.07) is 16.3. The van der Waals surface area contributed by atoms with E-state index in [-0.39, 0.29) is 31.5 Å². The summed E-state index contributed by atoms with van der Waals surface area (Å²) in [4.78, 5) is 38.5. The van der Waals surface area contributed by atoms with Gasteiger partial charge in [0.1, 0.15) is 6.61 Å². The molecule has 172 valence electrons. The van der Waals surface area contributed by atoms with Gasteiger partial charge in [-0.05, 0) is 47.9 Å². The molecule has 1 heterocycles. The highest BCUT2D eigenvalue weighted by molar-refractivity contribution is 5.87. The third-order valence-corrected chi connectivity index (χ3v) is 7.28. The molecule has 2 aromatic carbocycles. The predicted molar refractivity (Wildman–Crippen MR) is 122 cm³/mol. The van der Waals surface area contributed by atoms with Crippen LogP contribution in [-0.2, 0) is 14.3 Å². The zero-order valence-electron chi connectivity index (χ0n) is 18.5. The summed E-state index contributed by atoms with van der Waals surface area (Å²) >= 11 is 0. The maximum absolute atomic E-state index is 13.0. The molecule has 1 saturated heterocycles. The summed E-state index contributed by atoms with van der Waals surface area (Å²) < 4.78 is 5.58. The Morgan fingerprint density at radius 2 is 1.67 bits per heavy atom. The fraction of sp³-hybridized carbons (Fsp3) is 0.423. The molecule has 0 radical (unpaired) electrons. The molecule has 0 aromatic heterocycles. The van der Waals surface area contributed by atoms with E-state index in [1.165, 1.54) is 11.1 Å². The fourth-order valence-electron chi connectivity index (χ4n) is 5.21. The second-order valence-corrected chi connectivity index (χ2v) is 9.39. The smallest absolute Gasteiger partial charge is 0.407 e. The summed E-state index contributed by atoms with van der Waals surface area (Å²) in [5.41, 5.74) is 4.03. The van der Waals surface area contributed by atoms with Crippen LogP contribution in [0.25, 0.3) is 11.1 Å². The monoisotopic (exact) mass is 448 g/mol. The molecule has 2 aromatic rings. The number of piperidine rings is 1. The van der Waals surface area contributed by atoms with Crippen LogP contribution in [0.4, 0.5) is 4.79 Å². The Bertz CT molecular complexity index is 1050. The molecular weight excluding hydrogens is 420 g/mol. The fourth-order valence-corrected chi connectivity index (χ4v) is 5.21. The molecule has 2 aliphatic carbocycles. The maximum atomic E-state index is 13.0. The topological polar surface area (TPSA) is 95.9 Å². The number of nitrogens with one attached hydrogen (secondary N) is 1. The molecular formula is C26H28N2O5. The summed E-state index contributed by atoms with van der Waals surface area (Å²) in [5.74, 6) is -1.42. The molecule has 1 aliphatic heterocycles. The molecule has 0 unspecified atom stereocenters. The normalized spacial score (nSPS) is 20.5. The lowest BCUT2D eigenvalue weighted by molar-refractivity contribution is -0.147. The van der Waals surface area contributed by atoms with Crippen LogP contribution in [0, 0.1) is 11.3 Å². The predicted octanol–water partition coefficient (Wildman–Crippen LogP) is 3.63. The number of hydrogen-bond donors (Lipinski definition) is 2. The standard InChI is InChI=1S/C26H28N2O5/c29-23(30)17-6-5-13-28(14-17)24(31)26(11-12-26)16-27-25(32)33-15-22-20-9-3-1-7-18(20)19-8-2-4-10-21(19)22/h1-4,7-10,17,22H,5-6,11-16H2,(H,27,32)(H,29,30)/t17-/m0/s1. The number of likely N-dealkylation sites (tertiary alicyclic amines) is 1. The Balaban J connectivity index is 1.17. The van der Waals surface area contributed by atoms with Gasteiger partial charge in [-0.3, -0.25) is 9.59 Å². The zero-order valence-corrected chi connectivity index (χ0v) is 18.5. The summed E-state index contributed by atoms with van der Waals surface area (Å²) in [7, 11) is 0. The van der Waals surface area contributed by atoms with Crippen molar-refractivity contribution in [1.29, 1.82) is 0 Å². The van der Waals surface area contributed by atoms with Crippen LogP contribution in [0.2, 0.25) is 0 Å². The van der Waals surface area contributed by atoms with Crippen molar-refractivity contribution >= 4 is 18.0 Å². The molecule has 2 fully saturated rings. The highest BCUT2D eigenvalue weighted by Crippen LogP contribution is 2.47. The van der Waals surface area contributed by atoms with Crippen molar-refractivity contribution in [2.45, 2.75) is 31.6 Å². The molecule has 1 atom stereocenters. The van der Waals surface area contributed by atoms with E-state index in [0.29, 0.717) is 32.2 Å². The molecule has 0 spiro atoms. The maximum Gasteiger partial charge on any atom is 0.407 e. The molecule has 2 N–H and O–H groups in total. The first-order valence-corrected chi connectivity index (χ1v) is 11.6. The second-order valence-electron chi connectivity index (χ2n) is 9.39. The van der Waals surface area contributed by atoms with Crippen LogP contribution < -0.4 is 5.32 Å². The van der Waals surface area contributed by atoms with Crippen molar-refractivity contribution in [2.75, 3.05) is 26.2 Å². The number of carboxylic acids is 1. The molecule has 7 heteroatoms. The highest BCUT2D eigenvalue weighted by atomic mass is 16.5. The summed E-state index contributed by atoms with van der Waals surface area (Å²) in [6.07, 6.45) is 2.16. The Kier molecular flexibility index (Phi) is 5.56. The minimum atomic E-state index is -0.853. The van der Waals surface area contributed by atoms with Crippen molar-refractivity contribution < 1.29 is 24.2 Å². The van der Waals surface area contributed by atoms with Gasteiger partial charge < -0.3 is 20.1 Å². The van der Waals surface area contributed by atoms with Gasteiger partial charge >= 0.3 is 12.1 Å². The van der Waals surface area contributed by atoms with E-state index in [9.17, 15) is 19.5 Å². The minimum absolute atomic E-state index is 0.0130. The average molecular weight is 449 g/mol. The number of carbonyl (C=O) groups is 3. The van der Waals surface area contributed by atoms with Crippen molar-refractivity contribution in [2.24, 2.45) is 11.3 Å². The summed E-state index contributed by atoms with van der Waals surface area (Å²) in [5, 5.41) is 12.1. The van der Waals surface area contributed by atoms with E-state index in [1.807, 2.05) is 24.3 Å². The number of hydrogen-bond acceptors (Lipinski definition) is 4. The van der Waals surface area contributed by atoms with Crippen molar-refractivity contribution in [3.05, 3.63) is 59.7 Å². The molecule has 5 rings (SSSR count). The Hall–Kier alpha value is -3.35. The number of aliphatic carboxylic acids is 1. The van der Waals surface area contributed by atoms with Crippen molar-refractivity contribution in [3.8, 4) is 11.1 Å². The molecule has 2 amide bonds. The largest absolute Gasteiger partial charge is 0.481 e. The van der Waals surface area contributed by atoms with Gasteiger partial charge in [0, 0.05) is 25.6 Å². The van der Waals surface area contributed by atoms with Crippen LogP contribution in [0.3, 0.4) is 0 Å². The molecule has 3 aliphatic rings. The van der Waals surface area contributed by atoms with Gasteiger partial charge in [-0.25, -0.2) is 4.79 Å². The number of alkyl carbamates (subject to hydrolysis) is 1. The third kappa shape index (κ3) is 4.08. The molecule has 1 saturated carbocycles. The van der Waals surface area contributed by atoms with Gasteiger partial charge in [0.25, 0.3) is 0 Å². The number of nitrogens with zero attached hydrogens (tertiary/aromatic N) is 1. The van der Waals surface area contributed by atoms with Crippen molar-refractivity contribution in [1.82, 2.24) is 10.2 Å². The van der Waals surface area contributed by atoms with Gasteiger partial charge in [0.2, 0.25) is 5.91 Å². The first-order valence-electron chi connectivity index (χ1n) is 11.6. The van der Waals surface area contributed by atoms with Crippen LogP contribution in [0.1, 0.15) is 42.7 Å². The van der Waals surface area contributed by atoms with Gasteiger partial charge in [-0.15, -0.1) is 0 Å². The van der Waals surface area contributed by atoms with Gasteiger partial charge in [-0.1, -0.05) is 48.5 Å². The van der Waals surface area contributed by atoms with Crippen LogP contribution in [-0.4, -0.2) is 54.2 Å². The highest BCUT2D eigenvalue weighted by Gasteiger charge is 2.52. The van der Waals surface area contributed by atoms with E-state index in [2.05, 4.69) is 29.6 Å².